The van der Waals surface area contributed by atoms with Gasteiger partial charge in [0.2, 0.25) is 10.0 Å². The minimum absolute atomic E-state index is 0.0403. The van der Waals surface area contributed by atoms with E-state index in [1.807, 2.05) is 0 Å². The first-order valence-corrected chi connectivity index (χ1v) is 8.36. The van der Waals surface area contributed by atoms with E-state index in [0.717, 1.165) is 18.9 Å². The molecular formula is C12H16BrFN2O3S. The molecule has 0 aliphatic heterocycles. The molecule has 20 heavy (non-hydrogen) atoms. The quantitative estimate of drug-likeness (QED) is 0.781. The second-order valence-corrected chi connectivity index (χ2v) is 7.37. The predicted molar refractivity (Wildman–Crippen MR) is 77.3 cm³/mol. The number of rotatable bonds is 6. The molecule has 8 heteroatoms. The molecule has 0 unspecified atom stereocenters. The maximum absolute atomic E-state index is 14.1. The summed E-state index contributed by atoms with van der Waals surface area (Å²) in [4.78, 5) is -0.396. The summed E-state index contributed by atoms with van der Waals surface area (Å²) in [6.07, 6.45) is 1.57. The highest BCUT2D eigenvalue weighted by Crippen LogP contribution is 2.34. The van der Waals surface area contributed by atoms with E-state index in [1.165, 1.54) is 17.5 Å². The van der Waals surface area contributed by atoms with E-state index in [1.54, 1.807) is 0 Å². The van der Waals surface area contributed by atoms with Crippen LogP contribution in [-0.2, 0) is 14.8 Å². The number of nitrogens with zero attached hydrogens (tertiary/aromatic N) is 1. The molecule has 1 aromatic rings. The number of sulfonamides is 1. The van der Waals surface area contributed by atoms with E-state index in [9.17, 15) is 12.8 Å². The Morgan fingerprint density at radius 2 is 2.15 bits per heavy atom. The van der Waals surface area contributed by atoms with Crippen molar-refractivity contribution in [2.75, 3.05) is 26.0 Å². The zero-order chi connectivity index (χ0) is 14.9. The number of ether oxygens (including phenoxy) is 1. The van der Waals surface area contributed by atoms with Gasteiger partial charge in [0, 0.05) is 25.4 Å². The van der Waals surface area contributed by atoms with Crippen molar-refractivity contribution in [3.63, 3.8) is 0 Å². The maximum atomic E-state index is 14.1. The highest BCUT2D eigenvalue weighted by atomic mass is 79.9. The number of hydrogen-bond acceptors (Lipinski definition) is 4. The fourth-order valence-electron chi connectivity index (χ4n) is 1.94. The van der Waals surface area contributed by atoms with Gasteiger partial charge in [0.05, 0.1) is 11.1 Å². The third-order valence-corrected chi connectivity index (χ3v) is 5.60. The van der Waals surface area contributed by atoms with Gasteiger partial charge in [0.15, 0.2) is 5.82 Å². The van der Waals surface area contributed by atoms with Crippen LogP contribution in [0, 0.1) is 5.82 Å². The molecule has 2 N–H and O–H groups in total. The topological polar surface area (TPSA) is 72.6 Å². The third-order valence-electron chi connectivity index (χ3n) is 3.07. The monoisotopic (exact) mass is 366 g/mol. The number of benzene rings is 1. The fourth-order valence-corrected chi connectivity index (χ4v) is 4.34. The molecule has 5 nitrogen and oxygen atoms in total. The SMILES string of the molecule is COCCN(C1CC1)S(=O)(=O)c1cc(N)cc(Br)c1F. The summed E-state index contributed by atoms with van der Waals surface area (Å²) in [5.41, 5.74) is 5.81. The Balaban J connectivity index is 2.42. The minimum atomic E-state index is -3.92. The number of nitrogen functional groups attached to an aromatic ring is 1. The van der Waals surface area contributed by atoms with Gasteiger partial charge in [-0.1, -0.05) is 0 Å². The van der Waals surface area contributed by atoms with Gasteiger partial charge in [-0.25, -0.2) is 12.8 Å². The van der Waals surface area contributed by atoms with E-state index >= 15 is 0 Å². The van der Waals surface area contributed by atoms with Crippen molar-refractivity contribution in [3.8, 4) is 0 Å². The van der Waals surface area contributed by atoms with Crippen molar-refractivity contribution in [3.05, 3.63) is 22.4 Å². The molecule has 0 aromatic heterocycles. The largest absolute Gasteiger partial charge is 0.399 e. The second kappa shape index (κ2) is 5.97. The van der Waals surface area contributed by atoms with E-state index in [-0.39, 0.29) is 29.4 Å². The Labute approximate surface area is 126 Å². The lowest BCUT2D eigenvalue weighted by molar-refractivity contribution is 0.177. The summed E-state index contributed by atoms with van der Waals surface area (Å²) >= 11 is 2.98. The van der Waals surface area contributed by atoms with Gasteiger partial charge in [-0.2, -0.15) is 4.31 Å². The van der Waals surface area contributed by atoms with Gasteiger partial charge in [-0.3, -0.25) is 0 Å². The van der Waals surface area contributed by atoms with Crippen LogP contribution in [0.1, 0.15) is 12.8 Å². The summed E-state index contributed by atoms with van der Waals surface area (Å²) in [6, 6.07) is 2.41. The number of halogens is 2. The predicted octanol–water partition coefficient (Wildman–Crippen LogP) is 1.97. The van der Waals surface area contributed by atoms with Crippen molar-refractivity contribution < 1.29 is 17.5 Å². The molecule has 1 aliphatic rings. The zero-order valence-corrected chi connectivity index (χ0v) is 13.4. The fraction of sp³-hybridized carbons (Fsp3) is 0.500. The van der Waals surface area contributed by atoms with Crippen LogP contribution in [-0.4, -0.2) is 39.0 Å². The molecule has 0 bridgehead atoms. The van der Waals surface area contributed by atoms with Gasteiger partial charge in [-0.05, 0) is 40.9 Å². The van der Waals surface area contributed by atoms with Gasteiger partial charge in [0.1, 0.15) is 4.90 Å². The first-order chi connectivity index (χ1) is 9.37. The highest BCUT2D eigenvalue weighted by Gasteiger charge is 2.39. The Kier molecular flexibility index (Phi) is 4.68. The van der Waals surface area contributed by atoms with Crippen LogP contribution in [0.3, 0.4) is 0 Å². The summed E-state index contributed by atoms with van der Waals surface area (Å²) in [6.45, 7) is 0.468. The Bertz CT molecular complexity index is 605. The molecule has 112 valence electrons. The van der Waals surface area contributed by atoms with Crippen molar-refractivity contribution in [2.24, 2.45) is 0 Å². The molecule has 0 spiro atoms. The average molecular weight is 367 g/mol. The van der Waals surface area contributed by atoms with Gasteiger partial charge in [0.25, 0.3) is 0 Å². The summed E-state index contributed by atoms with van der Waals surface area (Å²) in [7, 11) is -2.42. The van der Waals surface area contributed by atoms with E-state index in [4.69, 9.17) is 10.5 Å². The average Bonchev–Trinajstić information content (AvgIpc) is 3.18. The smallest absolute Gasteiger partial charge is 0.246 e. The highest BCUT2D eigenvalue weighted by molar-refractivity contribution is 9.10. The number of methoxy groups -OCH3 is 1. The molecule has 0 radical (unpaired) electrons. The molecule has 2 rings (SSSR count). The zero-order valence-electron chi connectivity index (χ0n) is 11.0. The van der Waals surface area contributed by atoms with Gasteiger partial charge in [-0.15, -0.1) is 0 Å². The molecule has 1 aromatic carbocycles. The van der Waals surface area contributed by atoms with E-state index in [2.05, 4.69) is 15.9 Å². The molecule has 0 atom stereocenters. The molecule has 0 amide bonds. The lowest BCUT2D eigenvalue weighted by atomic mass is 10.3. The van der Waals surface area contributed by atoms with Crippen LogP contribution in [0.15, 0.2) is 21.5 Å². The summed E-state index contributed by atoms with van der Waals surface area (Å²) in [5.74, 6) is -0.817. The van der Waals surface area contributed by atoms with Crippen LogP contribution in [0.4, 0.5) is 10.1 Å². The van der Waals surface area contributed by atoms with Crippen LogP contribution in [0.2, 0.25) is 0 Å². The normalized spacial score (nSPS) is 15.8. The van der Waals surface area contributed by atoms with Gasteiger partial charge >= 0.3 is 0 Å². The molecule has 0 heterocycles. The van der Waals surface area contributed by atoms with Crippen molar-refractivity contribution in [1.82, 2.24) is 4.31 Å². The van der Waals surface area contributed by atoms with E-state index in [0.29, 0.717) is 0 Å². The van der Waals surface area contributed by atoms with Crippen LogP contribution in [0.25, 0.3) is 0 Å². The van der Waals surface area contributed by atoms with Crippen LogP contribution in [0.5, 0.6) is 0 Å². The van der Waals surface area contributed by atoms with Gasteiger partial charge < -0.3 is 10.5 Å². The summed E-state index contributed by atoms with van der Waals surface area (Å²) in [5, 5.41) is 0. The first-order valence-electron chi connectivity index (χ1n) is 6.13. The standard InChI is InChI=1S/C12H16BrFN2O3S/c1-19-5-4-16(9-2-3-9)20(17,18)11-7-8(15)6-10(13)12(11)14/h6-7,9H,2-5,15H2,1H3. The van der Waals surface area contributed by atoms with Crippen molar-refractivity contribution in [2.45, 2.75) is 23.8 Å². The Morgan fingerprint density at radius 3 is 2.70 bits per heavy atom. The van der Waals surface area contributed by atoms with Crippen LogP contribution < -0.4 is 5.73 Å². The summed E-state index contributed by atoms with van der Waals surface area (Å²) < 4.78 is 45.6. The van der Waals surface area contributed by atoms with Crippen molar-refractivity contribution in [1.29, 1.82) is 0 Å². The Hall–Kier alpha value is -0.700. The first kappa shape index (κ1) is 15.7. The molecule has 1 fully saturated rings. The lowest BCUT2D eigenvalue weighted by Crippen LogP contribution is -2.36. The third kappa shape index (κ3) is 3.13. The minimum Gasteiger partial charge on any atom is -0.399 e. The Morgan fingerprint density at radius 1 is 1.50 bits per heavy atom. The molecule has 1 saturated carbocycles. The molecule has 1 aliphatic carbocycles. The number of nitrogens with two attached hydrogens (primary N) is 1. The maximum Gasteiger partial charge on any atom is 0.246 e. The second-order valence-electron chi connectivity index (χ2n) is 4.65. The molecular weight excluding hydrogens is 351 g/mol. The van der Waals surface area contributed by atoms with Crippen molar-refractivity contribution >= 4 is 31.6 Å². The van der Waals surface area contributed by atoms with E-state index < -0.39 is 20.7 Å². The lowest BCUT2D eigenvalue weighted by Gasteiger charge is -2.22. The number of anilines is 1. The molecule has 0 saturated heterocycles. The van der Waals surface area contributed by atoms with Crippen LogP contribution >= 0.6 is 15.9 Å². The number of hydrogen-bond donors (Lipinski definition) is 1.